The van der Waals surface area contributed by atoms with Crippen molar-refractivity contribution in [3.05, 3.63) is 42.0 Å². The fraction of sp³-hybridized carbons (Fsp3) is 0.400. The molecule has 21 heavy (non-hydrogen) atoms. The number of nitrogens with zero attached hydrogens (tertiary/aromatic N) is 3. The molecule has 1 atom stereocenters. The summed E-state index contributed by atoms with van der Waals surface area (Å²) in [5.41, 5.74) is 2.61. The summed E-state index contributed by atoms with van der Waals surface area (Å²) in [4.78, 5) is 16.2. The predicted molar refractivity (Wildman–Crippen MR) is 79.5 cm³/mol. The summed E-state index contributed by atoms with van der Waals surface area (Å²) in [6, 6.07) is 5.84. The van der Waals surface area contributed by atoms with Crippen molar-refractivity contribution in [2.24, 2.45) is 0 Å². The van der Waals surface area contributed by atoms with Crippen LogP contribution in [-0.2, 0) is 0 Å². The summed E-state index contributed by atoms with van der Waals surface area (Å²) in [6.07, 6.45) is 5.29. The normalized spacial score (nSPS) is 18.4. The number of hydrogen-bond donors (Lipinski definition) is 2. The molecular formula is C15H19N5O. The summed E-state index contributed by atoms with van der Waals surface area (Å²) >= 11 is 0. The maximum Gasteiger partial charge on any atom is 0.251 e. The number of aromatic nitrogens is 3. The lowest BCUT2D eigenvalue weighted by atomic mass is 10.1. The fourth-order valence-corrected chi connectivity index (χ4v) is 2.63. The second kappa shape index (κ2) is 6.05. The first-order chi connectivity index (χ1) is 10.2. The van der Waals surface area contributed by atoms with E-state index in [2.05, 4.69) is 20.7 Å². The average Bonchev–Trinajstić information content (AvgIpc) is 3.02. The van der Waals surface area contributed by atoms with E-state index in [0.29, 0.717) is 5.56 Å². The molecule has 3 rings (SSSR count). The molecular weight excluding hydrogens is 266 g/mol. The predicted octanol–water partition coefficient (Wildman–Crippen LogP) is 1.06. The highest BCUT2D eigenvalue weighted by Gasteiger charge is 2.16. The van der Waals surface area contributed by atoms with Gasteiger partial charge in [0.2, 0.25) is 0 Å². The molecule has 1 saturated heterocycles. The second-order valence-electron chi connectivity index (χ2n) is 5.36. The standard InChI is InChI=1S/C15H19N5O/c1-11-7-12(4-5-14(11)20-10-17-9-18-20)15(21)19-13-3-2-6-16-8-13/h4-5,7,9-10,13,16H,2-3,6,8H2,1H3,(H,19,21). The number of rotatable bonds is 3. The van der Waals surface area contributed by atoms with Gasteiger partial charge in [0.15, 0.2) is 0 Å². The van der Waals surface area contributed by atoms with Crippen molar-refractivity contribution in [1.29, 1.82) is 0 Å². The summed E-state index contributed by atoms with van der Waals surface area (Å²) in [5, 5.41) is 10.5. The summed E-state index contributed by atoms with van der Waals surface area (Å²) in [5.74, 6) is -0.0167. The van der Waals surface area contributed by atoms with E-state index in [4.69, 9.17) is 0 Å². The zero-order chi connectivity index (χ0) is 14.7. The lowest BCUT2D eigenvalue weighted by molar-refractivity contribution is 0.0930. The number of aryl methyl sites for hydroxylation is 1. The van der Waals surface area contributed by atoms with Crippen LogP contribution in [0, 0.1) is 6.92 Å². The van der Waals surface area contributed by atoms with Gasteiger partial charge in [-0.2, -0.15) is 5.10 Å². The highest BCUT2D eigenvalue weighted by atomic mass is 16.1. The Morgan fingerprint density at radius 3 is 3.05 bits per heavy atom. The minimum Gasteiger partial charge on any atom is -0.348 e. The molecule has 1 aromatic carbocycles. The van der Waals surface area contributed by atoms with Gasteiger partial charge in [0.25, 0.3) is 5.91 Å². The zero-order valence-corrected chi connectivity index (χ0v) is 12.0. The zero-order valence-electron chi connectivity index (χ0n) is 12.0. The Balaban J connectivity index is 1.73. The van der Waals surface area contributed by atoms with Gasteiger partial charge in [-0.25, -0.2) is 9.67 Å². The molecule has 1 fully saturated rings. The van der Waals surface area contributed by atoms with Gasteiger partial charge in [0, 0.05) is 18.2 Å². The van der Waals surface area contributed by atoms with Gasteiger partial charge in [0.05, 0.1) is 5.69 Å². The van der Waals surface area contributed by atoms with E-state index in [1.165, 1.54) is 6.33 Å². The van der Waals surface area contributed by atoms with Gasteiger partial charge in [0.1, 0.15) is 12.7 Å². The van der Waals surface area contributed by atoms with Crippen LogP contribution in [0.1, 0.15) is 28.8 Å². The van der Waals surface area contributed by atoms with E-state index in [1.807, 2.05) is 25.1 Å². The lowest BCUT2D eigenvalue weighted by Gasteiger charge is -2.23. The molecule has 0 radical (unpaired) electrons. The molecule has 6 heteroatoms. The summed E-state index contributed by atoms with van der Waals surface area (Å²) in [6.45, 7) is 3.86. The molecule has 1 aliphatic heterocycles. The third-order valence-electron chi connectivity index (χ3n) is 3.76. The molecule has 0 bridgehead atoms. The maximum atomic E-state index is 12.3. The fourth-order valence-electron chi connectivity index (χ4n) is 2.63. The Hall–Kier alpha value is -2.21. The van der Waals surface area contributed by atoms with Gasteiger partial charge >= 0.3 is 0 Å². The number of amides is 1. The molecule has 1 amide bonds. The molecule has 1 aliphatic rings. The van der Waals surface area contributed by atoms with Crippen LogP contribution in [0.3, 0.4) is 0 Å². The van der Waals surface area contributed by atoms with Crippen LogP contribution in [0.25, 0.3) is 5.69 Å². The summed E-state index contributed by atoms with van der Waals surface area (Å²) in [7, 11) is 0. The molecule has 6 nitrogen and oxygen atoms in total. The number of hydrogen-bond acceptors (Lipinski definition) is 4. The van der Waals surface area contributed by atoms with Gasteiger partial charge < -0.3 is 10.6 Å². The van der Waals surface area contributed by atoms with Gasteiger partial charge in [-0.15, -0.1) is 0 Å². The second-order valence-corrected chi connectivity index (χ2v) is 5.36. The number of nitrogens with one attached hydrogen (secondary N) is 2. The van der Waals surface area contributed by atoms with E-state index < -0.39 is 0 Å². The van der Waals surface area contributed by atoms with E-state index in [0.717, 1.165) is 37.2 Å². The minimum absolute atomic E-state index is 0.0167. The quantitative estimate of drug-likeness (QED) is 0.884. The highest BCUT2D eigenvalue weighted by molar-refractivity contribution is 5.94. The first-order valence-corrected chi connectivity index (χ1v) is 7.21. The Kier molecular flexibility index (Phi) is 3.96. The van der Waals surface area contributed by atoms with E-state index in [-0.39, 0.29) is 11.9 Å². The van der Waals surface area contributed by atoms with Crippen molar-refractivity contribution >= 4 is 5.91 Å². The van der Waals surface area contributed by atoms with Crippen molar-refractivity contribution in [1.82, 2.24) is 25.4 Å². The molecule has 2 aromatic rings. The van der Waals surface area contributed by atoms with Crippen LogP contribution in [0.4, 0.5) is 0 Å². The van der Waals surface area contributed by atoms with Crippen LogP contribution in [-0.4, -0.2) is 39.8 Å². The largest absolute Gasteiger partial charge is 0.348 e. The molecule has 0 aliphatic carbocycles. The maximum absolute atomic E-state index is 12.3. The Labute approximate surface area is 123 Å². The molecule has 2 heterocycles. The topological polar surface area (TPSA) is 71.8 Å². The Morgan fingerprint density at radius 2 is 2.38 bits per heavy atom. The van der Waals surface area contributed by atoms with Crippen molar-refractivity contribution in [3.8, 4) is 5.69 Å². The van der Waals surface area contributed by atoms with Crippen LogP contribution >= 0.6 is 0 Å². The van der Waals surface area contributed by atoms with Gasteiger partial charge in [-0.1, -0.05) is 0 Å². The highest BCUT2D eigenvalue weighted by Crippen LogP contribution is 2.15. The molecule has 110 valence electrons. The number of benzene rings is 1. The van der Waals surface area contributed by atoms with Crippen molar-refractivity contribution < 1.29 is 4.79 Å². The molecule has 0 spiro atoms. The molecule has 1 unspecified atom stereocenters. The molecule has 0 saturated carbocycles. The van der Waals surface area contributed by atoms with E-state index in [9.17, 15) is 4.79 Å². The van der Waals surface area contributed by atoms with Gasteiger partial charge in [-0.3, -0.25) is 4.79 Å². The molecule has 1 aromatic heterocycles. The number of carbonyl (C=O) groups is 1. The van der Waals surface area contributed by atoms with Crippen LogP contribution in [0.2, 0.25) is 0 Å². The first kappa shape index (κ1) is 13.8. The van der Waals surface area contributed by atoms with Crippen molar-refractivity contribution in [3.63, 3.8) is 0 Å². The summed E-state index contributed by atoms with van der Waals surface area (Å²) < 4.78 is 1.70. The monoisotopic (exact) mass is 285 g/mol. The first-order valence-electron chi connectivity index (χ1n) is 7.21. The van der Waals surface area contributed by atoms with Crippen LogP contribution < -0.4 is 10.6 Å². The number of piperidine rings is 1. The van der Waals surface area contributed by atoms with E-state index in [1.54, 1.807) is 11.0 Å². The lowest BCUT2D eigenvalue weighted by Crippen LogP contribution is -2.45. The van der Waals surface area contributed by atoms with Crippen molar-refractivity contribution in [2.45, 2.75) is 25.8 Å². The third kappa shape index (κ3) is 3.11. The smallest absolute Gasteiger partial charge is 0.251 e. The van der Waals surface area contributed by atoms with Crippen LogP contribution in [0.5, 0.6) is 0 Å². The van der Waals surface area contributed by atoms with Gasteiger partial charge in [-0.05, 0) is 50.1 Å². The average molecular weight is 285 g/mol. The van der Waals surface area contributed by atoms with E-state index >= 15 is 0 Å². The Bertz CT molecular complexity index is 617. The van der Waals surface area contributed by atoms with Crippen LogP contribution in [0.15, 0.2) is 30.9 Å². The SMILES string of the molecule is Cc1cc(C(=O)NC2CCCNC2)ccc1-n1cncn1. The molecule has 2 N–H and O–H groups in total. The number of carbonyl (C=O) groups excluding carboxylic acids is 1. The van der Waals surface area contributed by atoms with Crippen molar-refractivity contribution in [2.75, 3.05) is 13.1 Å². The third-order valence-corrected chi connectivity index (χ3v) is 3.76. The Morgan fingerprint density at radius 1 is 1.48 bits per heavy atom. The minimum atomic E-state index is -0.0167.